The fraction of sp³-hybridized carbons (Fsp3) is 0.333. The van der Waals surface area contributed by atoms with E-state index in [-0.39, 0.29) is 5.92 Å². The summed E-state index contributed by atoms with van der Waals surface area (Å²) in [4.78, 5) is 14.0. The average molecular weight is 163 g/mol. The number of carbonyl (C=O) groups excluding carboxylic acids is 1. The second-order valence-electron chi connectivity index (χ2n) is 2.64. The minimum absolute atomic E-state index is 0.243. The van der Waals surface area contributed by atoms with Crippen LogP contribution >= 0.6 is 0 Å². The number of nitrogens with one attached hydrogen (secondary N) is 1. The van der Waals surface area contributed by atoms with Gasteiger partial charge in [-0.25, -0.2) is 0 Å². The molecular weight excluding hydrogens is 152 g/mol. The highest BCUT2D eigenvalue weighted by Gasteiger charge is 2.04. The molecule has 0 aromatic carbocycles. The summed E-state index contributed by atoms with van der Waals surface area (Å²) in [6, 6.07) is 5.75. The third-order valence-electron chi connectivity index (χ3n) is 1.67. The van der Waals surface area contributed by atoms with E-state index in [9.17, 15) is 4.79 Å². The summed E-state index contributed by atoms with van der Waals surface area (Å²) in [5.74, 6) is 0.243. The van der Waals surface area contributed by atoms with Crippen molar-refractivity contribution in [1.82, 2.24) is 10.3 Å². The van der Waals surface area contributed by atoms with E-state index >= 15 is 0 Å². The van der Waals surface area contributed by atoms with Crippen LogP contribution in [-0.2, 0) is 4.79 Å². The van der Waals surface area contributed by atoms with Gasteiger partial charge in [-0.3, -0.25) is 9.78 Å². The number of hydrogen-bond donors (Lipinski definition) is 1. The number of pyridine rings is 1. The van der Waals surface area contributed by atoms with Crippen LogP contribution in [0.1, 0.15) is 18.5 Å². The molecule has 3 nitrogen and oxygen atoms in total. The third kappa shape index (κ3) is 2.34. The molecule has 1 aromatic heterocycles. The Bertz CT molecular complexity index is 236. The minimum atomic E-state index is 0.243. The van der Waals surface area contributed by atoms with Crippen molar-refractivity contribution in [2.75, 3.05) is 6.54 Å². The van der Waals surface area contributed by atoms with Gasteiger partial charge in [0.25, 0.3) is 0 Å². The number of aromatic nitrogens is 1. The first kappa shape index (κ1) is 8.71. The van der Waals surface area contributed by atoms with E-state index in [1.165, 1.54) is 0 Å². The molecule has 0 bridgehead atoms. The SMILES string of the molecule is CC(CN[C]=O)c1ccccn1. The van der Waals surface area contributed by atoms with E-state index in [1.807, 2.05) is 25.1 Å². The van der Waals surface area contributed by atoms with Crippen LogP contribution < -0.4 is 5.32 Å². The summed E-state index contributed by atoms with van der Waals surface area (Å²) in [5, 5.41) is 2.50. The van der Waals surface area contributed by atoms with Crippen LogP contribution in [0.2, 0.25) is 0 Å². The van der Waals surface area contributed by atoms with Gasteiger partial charge in [0.15, 0.2) is 0 Å². The van der Waals surface area contributed by atoms with Crippen LogP contribution in [0.5, 0.6) is 0 Å². The molecule has 1 rings (SSSR count). The Kier molecular flexibility index (Phi) is 3.26. The number of rotatable bonds is 4. The third-order valence-corrected chi connectivity index (χ3v) is 1.67. The molecule has 1 unspecified atom stereocenters. The van der Waals surface area contributed by atoms with Crippen LogP contribution in [-0.4, -0.2) is 17.9 Å². The van der Waals surface area contributed by atoms with Crippen molar-refractivity contribution in [3.63, 3.8) is 0 Å². The van der Waals surface area contributed by atoms with Gasteiger partial charge in [0, 0.05) is 24.4 Å². The molecule has 0 aliphatic heterocycles. The summed E-state index contributed by atoms with van der Waals surface area (Å²) >= 11 is 0. The van der Waals surface area contributed by atoms with Crippen LogP contribution in [0.15, 0.2) is 24.4 Å². The Labute approximate surface area is 71.8 Å². The Morgan fingerprint density at radius 3 is 3.08 bits per heavy atom. The van der Waals surface area contributed by atoms with Crippen LogP contribution in [0.25, 0.3) is 0 Å². The fourth-order valence-corrected chi connectivity index (χ4v) is 0.967. The molecule has 0 spiro atoms. The van der Waals surface area contributed by atoms with E-state index in [2.05, 4.69) is 10.3 Å². The van der Waals surface area contributed by atoms with Gasteiger partial charge >= 0.3 is 6.41 Å². The van der Waals surface area contributed by atoms with Crippen molar-refractivity contribution in [3.8, 4) is 0 Å². The molecule has 3 heteroatoms. The molecule has 1 radical (unpaired) electrons. The summed E-state index contributed by atoms with van der Waals surface area (Å²) in [7, 11) is 0. The van der Waals surface area contributed by atoms with Crippen molar-refractivity contribution in [3.05, 3.63) is 30.1 Å². The lowest BCUT2D eigenvalue weighted by Crippen LogP contribution is -2.18. The highest BCUT2D eigenvalue weighted by Crippen LogP contribution is 2.09. The molecule has 1 amide bonds. The normalized spacial score (nSPS) is 12.1. The number of amides is 1. The molecule has 1 aromatic rings. The van der Waals surface area contributed by atoms with Crippen molar-refractivity contribution in [1.29, 1.82) is 0 Å². The molecule has 0 saturated carbocycles. The highest BCUT2D eigenvalue weighted by atomic mass is 16.1. The smallest absolute Gasteiger partial charge is 0.309 e. The lowest BCUT2D eigenvalue weighted by molar-refractivity contribution is 0.536. The van der Waals surface area contributed by atoms with Crippen LogP contribution in [0, 0.1) is 0 Å². The zero-order valence-corrected chi connectivity index (χ0v) is 6.95. The Morgan fingerprint density at radius 1 is 1.67 bits per heavy atom. The van der Waals surface area contributed by atoms with Crippen LogP contribution in [0.3, 0.4) is 0 Å². The van der Waals surface area contributed by atoms with Gasteiger partial charge in [-0.05, 0) is 12.1 Å². The monoisotopic (exact) mass is 163 g/mol. The zero-order chi connectivity index (χ0) is 8.81. The van der Waals surface area contributed by atoms with Crippen molar-refractivity contribution >= 4 is 6.41 Å². The van der Waals surface area contributed by atoms with E-state index in [0.717, 1.165) is 5.69 Å². The van der Waals surface area contributed by atoms with Gasteiger partial charge in [-0.15, -0.1) is 0 Å². The van der Waals surface area contributed by atoms with Gasteiger partial charge in [-0.1, -0.05) is 13.0 Å². The summed E-state index contributed by atoms with van der Waals surface area (Å²) in [5.41, 5.74) is 0.986. The van der Waals surface area contributed by atoms with E-state index in [0.29, 0.717) is 6.54 Å². The maximum Gasteiger partial charge on any atom is 0.309 e. The standard InChI is InChI=1S/C9H11N2O/c1-8(6-10-7-12)9-4-2-3-5-11-9/h2-5,8H,6H2,1H3,(H,10,12). The van der Waals surface area contributed by atoms with Crippen molar-refractivity contribution in [2.24, 2.45) is 0 Å². The predicted molar refractivity (Wildman–Crippen MR) is 46.3 cm³/mol. The van der Waals surface area contributed by atoms with E-state index in [1.54, 1.807) is 12.6 Å². The second-order valence-corrected chi connectivity index (χ2v) is 2.64. The van der Waals surface area contributed by atoms with E-state index < -0.39 is 0 Å². The fourth-order valence-electron chi connectivity index (χ4n) is 0.967. The molecule has 0 fully saturated rings. The first-order valence-corrected chi connectivity index (χ1v) is 3.85. The molecule has 0 aliphatic rings. The molecule has 0 saturated heterocycles. The zero-order valence-electron chi connectivity index (χ0n) is 6.95. The molecule has 1 atom stereocenters. The summed E-state index contributed by atoms with van der Waals surface area (Å²) in [6.45, 7) is 2.59. The second kappa shape index (κ2) is 4.49. The summed E-state index contributed by atoms with van der Waals surface area (Å²) in [6.07, 6.45) is 3.39. The van der Waals surface area contributed by atoms with Gasteiger partial charge in [0.1, 0.15) is 0 Å². The first-order chi connectivity index (χ1) is 5.84. The maximum atomic E-state index is 9.88. The molecule has 0 aliphatic carbocycles. The van der Waals surface area contributed by atoms with Crippen LogP contribution in [0.4, 0.5) is 0 Å². The number of hydrogen-bond acceptors (Lipinski definition) is 2. The Hall–Kier alpha value is -1.38. The predicted octanol–water partition coefficient (Wildman–Crippen LogP) is 0.842. The maximum absolute atomic E-state index is 9.88. The highest BCUT2D eigenvalue weighted by molar-refractivity contribution is 5.47. The Balaban J connectivity index is 2.53. The van der Waals surface area contributed by atoms with E-state index in [4.69, 9.17) is 0 Å². The van der Waals surface area contributed by atoms with Gasteiger partial charge in [-0.2, -0.15) is 0 Å². The molecular formula is C9H11N2O. The average Bonchev–Trinajstić information content (AvgIpc) is 2.15. The largest absolute Gasteiger partial charge is 0.347 e. The quantitative estimate of drug-likeness (QED) is 0.668. The van der Waals surface area contributed by atoms with Crippen molar-refractivity contribution < 1.29 is 4.79 Å². The molecule has 1 N–H and O–H groups in total. The molecule has 1 heterocycles. The summed E-state index contributed by atoms with van der Waals surface area (Å²) < 4.78 is 0. The Morgan fingerprint density at radius 2 is 2.50 bits per heavy atom. The van der Waals surface area contributed by atoms with Gasteiger partial charge in [0.2, 0.25) is 0 Å². The lowest BCUT2D eigenvalue weighted by atomic mass is 10.1. The number of nitrogens with zero attached hydrogens (tertiary/aromatic N) is 1. The minimum Gasteiger partial charge on any atom is -0.347 e. The van der Waals surface area contributed by atoms with Gasteiger partial charge < -0.3 is 5.32 Å². The first-order valence-electron chi connectivity index (χ1n) is 3.85. The topological polar surface area (TPSA) is 42.0 Å². The molecule has 63 valence electrons. The lowest BCUT2D eigenvalue weighted by Gasteiger charge is -2.08. The van der Waals surface area contributed by atoms with Crippen molar-refractivity contribution in [2.45, 2.75) is 12.8 Å². The van der Waals surface area contributed by atoms with Gasteiger partial charge in [0.05, 0.1) is 0 Å². The molecule has 12 heavy (non-hydrogen) atoms.